The number of methoxy groups -OCH3 is 2. The van der Waals surface area contributed by atoms with Gasteiger partial charge in [-0.05, 0) is 66.3 Å². The van der Waals surface area contributed by atoms with Crippen molar-refractivity contribution >= 4 is 23.2 Å². The van der Waals surface area contributed by atoms with Crippen LogP contribution in [-0.4, -0.2) is 26.0 Å². The first-order valence-electron chi connectivity index (χ1n) is 9.72. The lowest BCUT2D eigenvalue weighted by molar-refractivity contribution is -0.138. The van der Waals surface area contributed by atoms with Gasteiger partial charge in [0.25, 0.3) is 0 Å². The summed E-state index contributed by atoms with van der Waals surface area (Å²) < 4.78 is 10.3. The largest absolute Gasteiger partial charge is 0.497 e. The van der Waals surface area contributed by atoms with Crippen LogP contribution in [0.1, 0.15) is 26.7 Å². The zero-order valence-electron chi connectivity index (χ0n) is 17.3. The van der Waals surface area contributed by atoms with Crippen LogP contribution in [0.3, 0.4) is 0 Å². The molecule has 2 atom stereocenters. The molecule has 0 heterocycles. The van der Waals surface area contributed by atoms with Gasteiger partial charge in [-0.1, -0.05) is 13.8 Å². The summed E-state index contributed by atoms with van der Waals surface area (Å²) in [7, 11) is 3.21. The van der Waals surface area contributed by atoms with Crippen molar-refractivity contribution in [3.8, 4) is 11.5 Å². The van der Waals surface area contributed by atoms with Crippen molar-refractivity contribution in [3.63, 3.8) is 0 Å². The summed E-state index contributed by atoms with van der Waals surface area (Å²) >= 11 is 0. The van der Waals surface area contributed by atoms with Gasteiger partial charge in [0, 0.05) is 23.7 Å². The predicted molar refractivity (Wildman–Crippen MR) is 113 cm³/mol. The molecular weight excluding hydrogens is 368 g/mol. The number of rotatable bonds is 7. The van der Waals surface area contributed by atoms with E-state index >= 15 is 0 Å². The number of carbonyl (C=O) groups excluding carboxylic acids is 2. The summed E-state index contributed by atoms with van der Waals surface area (Å²) in [6.07, 6.45) is 1.09. The zero-order chi connectivity index (χ0) is 21.0. The summed E-state index contributed by atoms with van der Waals surface area (Å²) in [6.45, 7) is 4.11. The molecule has 0 bridgehead atoms. The third-order valence-electron chi connectivity index (χ3n) is 5.95. The van der Waals surface area contributed by atoms with Crippen molar-refractivity contribution in [1.82, 2.24) is 0 Å². The summed E-state index contributed by atoms with van der Waals surface area (Å²) in [5, 5.41) is 5.89. The van der Waals surface area contributed by atoms with Crippen LogP contribution in [0.4, 0.5) is 11.4 Å². The molecule has 0 radical (unpaired) electrons. The Bertz CT molecular complexity index is 859. The van der Waals surface area contributed by atoms with Gasteiger partial charge < -0.3 is 20.1 Å². The Morgan fingerprint density at radius 3 is 1.83 bits per heavy atom. The summed E-state index contributed by atoms with van der Waals surface area (Å²) in [5.74, 6) is 1.48. The van der Waals surface area contributed by atoms with Crippen molar-refractivity contribution in [2.24, 2.45) is 17.3 Å². The van der Waals surface area contributed by atoms with E-state index in [2.05, 4.69) is 24.5 Å². The van der Waals surface area contributed by atoms with Crippen LogP contribution in [0.5, 0.6) is 11.5 Å². The number of anilines is 2. The van der Waals surface area contributed by atoms with E-state index in [9.17, 15) is 9.59 Å². The molecule has 0 saturated heterocycles. The lowest BCUT2D eigenvalue weighted by Crippen LogP contribution is -2.51. The average molecular weight is 396 g/mol. The maximum atomic E-state index is 12.7. The SMILES string of the molecule is COc1ccc(NC(=O)CC2CC(C(=O)Nc3ccc(OC)cc3)C2(C)C)cc1. The molecule has 0 aromatic heterocycles. The molecule has 0 aliphatic heterocycles. The highest BCUT2D eigenvalue weighted by molar-refractivity contribution is 5.95. The van der Waals surface area contributed by atoms with Crippen LogP contribution >= 0.6 is 0 Å². The van der Waals surface area contributed by atoms with Gasteiger partial charge in [0.1, 0.15) is 11.5 Å². The number of carbonyl (C=O) groups is 2. The summed E-state index contributed by atoms with van der Waals surface area (Å²) in [4.78, 5) is 25.1. The van der Waals surface area contributed by atoms with Crippen molar-refractivity contribution in [3.05, 3.63) is 48.5 Å². The van der Waals surface area contributed by atoms with E-state index in [1.54, 1.807) is 14.2 Å². The number of ether oxygens (including phenoxy) is 2. The van der Waals surface area contributed by atoms with Crippen LogP contribution < -0.4 is 20.1 Å². The fraction of sp³-hybridized carbons (Fsp3) is 0.391. The van der Waals surface area contributed by atoms with Crippen LogP contribution in [0, 0.1) is 17.3 Å². The molecule has 2 N–H and O–H groups in total. The topological polar surface area (TPSA) is 76.7 Å². The molecule has 1 saturated carbocycles. The number of benzene rings is 2. The lowest BCUT2D eigenvalue weighted by atomic mass is 9.53. The van der Waals surface area contributed by atoms with Crippen LogP contribution in [0.2, 0.25) is 0 Å². The monoisotopic (exact) mass is 396 g/mol. The predicted octanol–water partition coefficient (Wildman–Crippen LogP) is 4.33. The number of hydrogen-bond donors (Lipinski definition) is 2. The lowest BCUT2D eigenvalue weighted by Gasteiger charge is -2.51. The van der Waals surface area contributed by atoms with E-state index < -0.39 is 0 Å². The minimum atomic E-state index is -0.242. The van der Waals surface area contributed by atoms with Crippen molar-refractivity contribution in [1.29, 1.82) is 0 Å². The quantitative estimate of drug-likeness (QED) is 0.730. The molecule has 154 valence electrons. The first-order valence-corrected chi connectivity index (χ1v) is 9.72. The highest BCUT2D eigenvalue weighted by Crippen LogP contribution is 2.53. The Labute approximate surface area is 171 Å². The Balaban J connectivity index is 1.52. The van der Waals surface area contributed by atoms with Crippen LogP contribution in [0.15, 0.2) is 48.5 Å². The van der Waals surface area contributed by atoms with E-state index in [4.69, 9.17) is 9.47 Å². The normalized spacial score (nSPS) is 19.6. The second-order valence-electron chi connectivity index (χ2n) is 8.01. The van der Waals surface area contributed by atoms with Gasteiger partial charge >= 0.3 is 0 Å². The molecule has 1 aliphatic rings. The minimum absolute atomic E-state index is 0.00743. The molecule has 3 rings (SSSR count). The maximum Gasteiger partial charge on any atom is 0.228 e. The maximum absolute atomic E-state index is 12.7. The molecule has 6 nitrogen and oxygen atoms in total. The highest BCUT2D eigenvalue weighted by atomic mass is 16.5. The summed E-state index contributed by atoms with van der Waals surface area (Å²) in [5.41, 5.74) is 1.24. The van der Waals surface area contributed by atoms with Gasteiger partial charge in [-0.2, -0.15) is 0 Å². The smallest absolute Gasteiger partial charge is 0.228 e. The second kappa shape index (κ2) is 8.55. The van der Waals surface area contributed by atoms with Gasteiger partial charge in [-0.15, -0.1) is 0 Å². The van der Waals surface area contributed by atoms with Gasteiger partial charge in [0.15, 0.2) is 0 Å². The standard InChI is InChI=1S/C23H28N2O4/c1-23(2)15(14-21(26)24-16-5-9-18(28-3)10-6-16)13-20(23)22(27)25-17-7-11-19(29-4)12-8-17/h5-12,15,20H,13-14H2,1-4H3,(H,24,26)(H,25,27). The van der Waals surface area contributed by atoms with Crippen LogP contribution in [-0.2, 0) is 9.59 Å². The molecule has 6 heteroatoms. The number of amides is 2. The Kier molecular flexibility index (Phi) is 6.11. The molecule has 0 spiro atoms. The van der Waals surface area contributed by atoms with E-state index in [1.165, 1.54) is 0 Å². The molecule has 2 aromatic rings. The van der Waals surface area contributed by atoms with E-state index in [0.717, 1.165) is 22.9 Å². The van der Waals surface area contributed by atoms with Gasteiger partial charge in [-0.3, -0.25) is 9.59 Å². The Morgan fingerprint density at radius 1 is 0.897 bits per heavy atom. The summed E-state index contributed by atoms with van der Waals surface area (Å²) in [6, 6.07) is 14.5. The third-order valence-corrected chi connectivity index (χ3v) is 5.95. The number of hydrogen-bond acceptors (Lipinski definition) is 4. The third kappa shape index (κ3) is 4.70. The molecule has 2 aromatic carbocycles. The number of nitrogens with one attached hydrogen (secondary N) is 2. The zero-order valence-corrected chi connectivity index (χ0v) is 17.3. The molecule has 1 fully saturated rings. The highest BCUT2D eigenvalue weighted by Gasteiger charge is 2.51. The van der Waals surface area contributed by atoms with Gasteiger partial charge in [-0.25, -0.2) is 0 Å². The molecular formula is C23H28N2O4. The fourth-order valence-corrected chi connectivity index (χ4v) is 3.82. The molecule has 2 unspecified atom stereocenters. The first-order chi connectivity index (χ1) is 13.8. The molecule has 1 aliphatic carbocycles. The van der Waals surface area contributed by atoms with Gasteiger partial charge in [0.05, 0.1) is 14.2 Å². The van der Waals surface area contributed by atoms with E-state index in [-0.39, 0.29) is 29.1 Å². The van der Waals surface area contributed by atoms with Crippen molar-refractivity contribution in [2.45, 2.75) is 26.7 Å². The first kappa shape index (κ1) is 20.7. The Morgan fingerprint density at radius 2 is 1.38 bits per heavy atom. The molecule has 2 amide bonds. The minimum Gasteiger partial charge on any atom is -0.497 e. The van der Waals surface area contributed by atoms with Crippen LogP contribution in [0.25, 0.3) is 0 Å². The second-order valence-corrected chi connectivity index (χ2v) is 8.01. The van der Waals surface area contributed by atoms with Crippen molar-refractivity contribution < 1.29 is 19.1 Å². The fourth-order valence-electron chi connectivity index (χ4n) is 3.82. The van der Waals surface area contributed by atoms with E-state index in [1.807, 2.05) is 48.5 Å². The van der Waals surface area contributed by atoms with Crippen molar-refractivity contribution in [2.75, 3.05) is 24.9 Å². The van der Waals surface area contributed by atoms with Gasteiger partial charge in [0.2, 0.25) is 11.8 Å². The molecule has 29 heavy (non-hydrogen) atoms. The average Bonchev–Trinajstić information content (AvgIpc) is 2.71. The Hall–Kier alpha value is -3.02. The van der Waals surface area contributed by atoms with E-state index in [0.29, 0.717) is 12.8 Å².